The minimum atomic E-state index is -4.05. The fourth-order valence-electron chi connectivity index (χ4n) is 1.83. The molecule has 0 amide bonds. The minimum absolute atomic E-state index is 0.111. The average molecular weight is 370 g/mol. The zero-order chi connectivity index (χ0) is 15.0. The number of rotatable bonds is 8. The lowest BCUT2D eigenvalue weighted by Gasteiger charge is -2.18. The largest absolute Gasteiger partial charge is 0.389 e. The molecule has 1 unspecified atom stereocenters. The smallest absolute Gasteiger partial charge is 0.313 e. The van der Waals surface area contributed by atoms with Crippen LogP contribution in [0.1, 0.15) is 26.2 Å². The van der Waals surface area contributed by atoms with Crippen LogP contribution in [0.15, 0.2) is 33.6 Å². The normalized spacial score (nSPS) is 13.4. The van der Waals surface area contributed by atoms with Crippen LogP contribution in [0.5, 0.6) is 0 Å². The van der Waals surface area contributed by atoms with Crippen LogP contribution in [-0.2, 0) is 0 Å². The second-order valence-electron chi connectivity index (χ2n) is 4.50. The number of nitrogens with one attached hydrogen (secondary N) is 1. The molecule has 0 aliphatic carbocycles. The zero-order valence-electron chi connectivity index (χ0n) is 11.3. The van der Waals surface area contributed by atoms with Crippen molar-refractivity contribution in [3.8, 4) is 0 Å². The maximum atomic E-state index is 12.2. The van der Waals surface area contributed by atoms with E-state index in [1.165, 1.54) is 0 Å². The third-order valence-corrected chi connectivity index (χ3v) is 4.97. The maximum absolute atomic E-state index is 12.2. The molecule has 0 aromatic heterocycles. The lowest BCUT2D eigenvalue weighted by atomic mass is 10.1. The molecule has 1 N–H and O–H groups in total. The first-order valence-electron chi connectivity index (χ1n) is 6.60. The van der Waals surface area contributed by atoms with Crippen molar-refractivity contribution < 1.29 is 13.2 Å². The molecular weight excluding hydrogens is 351 g/mol. The number of halogens is 4. The average Bonchev–Trinajstić information content (AvgIpc) is 2.36. The van der Waals surface area contributed by atoms with E-state index in [1.807, 2.05) is 31.2 Å². The molecule has 1 aromatic carbocycles. The minimum Gasteiger partial charge on any atom is -0.313 e. The van der Waals surface area contributed by atoms with Gasteiger partial charge in [0, 0.05) is 27.6 Å². The molecule has 1 aromatic rings. The van der Waals surface area contributed by atoms with Gasteiger partial charge in [-0.3, -0.25) is 0 Å². The lowest BCUT2D eigenvalue weighted by molar-refractivity contribution is -0.135. The molecule has 0 saturated carbocycles. The van der Waals surface area contributed by atoms with Crippen LogP contribution < -0.4 is 5.32 Å². The van der Waals surface area contributed by atoms with Crippen LogP contribution in [-0.4, -0.2) is 24.5 Å². The third kappa shape index (κ3) is 7.55. The standard InChI is InChI=1S/C14H19BrF3NS/c1-2-19-11(6-5-9-14(16,17)18)10-20-13-8-4-3-7-12(13)15/h3-4,7-8,11,19H,2,5-6,9-10H2,1H3. The Bertz CT molecular complexity index is 398. The van der Waals surface area contributed by atoms with Crippen molar-refractivity contribution in [1.82, 2.24) is 5.32 Å². The zero-order valence-corrected chi connectivity index (χ0v) is 13.7. The van der Waals surface area contributed by atoms with Gasteiger partial charge in [-0.05, 0) is 47.4 Å². The molecule has 0 heterocycles. The Morgan fingerprint density at radius 3 is 2.60 bits per heavy atom. The van der Waals surface area contributed by atoms with Crippen molar-refractivity contribution in [1.29, 1.82) is 0 Å². The van der Waals surface area contributed by atoms with Gasteiger partial charge in [0.2, 0.25) is 0 Å². The maximum Gasteiger partial charge on any atom is 0.389 e. The highest BCUT2D eigenvalue weighted by atomic mass is 79.9. The van der Waals surface area contributed by atoms with Gasteiger partial charge in [-0.2, -0.15) is 13.2 Å². The molecule has 1 nitrogen and oxygen atoms in total. The Morgan fingerprint density at radius 1 is 1.30 bits per heavy atom. The number of hydrogen-bond acceptors (Lipinski definition) is 2. The Hall–Kier alpha value is -0.200. The van der Waals surface area contributed by atoms with Gasteiger partial charge in [-0.15, -0.1) is 11.8 Å². The van der Waals surface area contributed by atoms with E-state index in [0.29, 0.717) is 6.42 Å². The van der Waals surface area contributed by atoms with Crippen LogP contribution in [0.3, 0.4) is 0 Å². The molecule has 0 fully saturated rings. The number of thioether (sulfide) groups is 1. The monoisotopic (exact) mass is 369 g/mol. The van der Waals surface area contributed by atoms with Crippen molar-refractivity contribution in [3.05, 3.63) is 28.7 Å². The van der Waals surface area contributed by atoms with Gasteiger partial charge in [0.1, 0.15) is 0 Å². The summed E-state index contributed by atoms with van der Waals surface area (Å²) >= 11 is 5.14. The highest BCUT2D eigenvalue weighted by Crippen LogP contribution is 2.28. The lowest BCUT2D eigenvalue weighted by Crippen LogP contribution is -2.31. The van der Waals surface area contributed by atoms with Crippen LogP contribution in [0.2, 0.25) is 0 Å². The summed E-state index contributed by atoms with van der Waals surface area (Å²) in [4.78, 5) is 1.12. The Morgan fingerprint density at radius 2 is 2.00 bits per heavy atom. The number of alkyl halides is 3. The molecular formula is C14H19BrF3NS. The van der Waals surface area contributed by atoms with E-state index in [2.05, 4.69) is 21.2 Å². The second kappa shape index (κ2) is 8.95. The molecule has 0 aliphatic heterocycles. The summed E-state index contributed by atoms with van der Waals surface area (Å²) in [5.41, 5.74) is 0. The molecule has 114 valence electrons. The van der Waals surface area contributed by atoms with Gasteiger partial charge in [-0.25, -0.2) is 0 Å². The molecule has 20 heavy (non-hydrogen) atoms. The van der Waals surface area contributed by atoms with E-state index >= 15 is 0 Å². The van der Waals surface area contributed by atoms with Crippen molar-refractivity contribution in [2.45, 2.75) is 43.3 Å². The van der Waals surface area contributed by atoms with E-state index < -0.39 is 12.6 Å². The quantitative estimate of drug-likeness (QED) is 0.627. The van der Waals surface area contributed by atoms with E-state index in [1.54, 1.807) is 11.8 Å². The summed E-state index contributed by atoms with van der Waals surface area (Å²) in [6.45, 7) is 2.74. The van der Waals surface area contributed by atoms with Gasteiger partial charge < -0.3 is 5.32 Å². The Balaban J connectivity index is 2.41. The van der Waals surface area contributed by atoms with Crippen molar-refractivity contribution in [2.75, 3.05) is 12.3 Å². The first kappa shape index (κ1) is 17.9. The molecule has 1 atom stereocenters. The van der Waals surface area contributed by atoms with Crippen LogP contribution >= 0.6 is 27.7 Å². The number of hydrogen-bond donors (Lipinski definition) is 1. The highest BCUT2D eigenvalue weighted by Gasteiger charge is 2.26. The highest BCUT2D eigenvalue weighted by molar-refractivity contribution is 9.10. The summed E-state index contributed by atoms with van der Waals surface area (Å²) in [6.07, 6.45) is -4.02. The third-order valence-electron chi connectivity index (χ3n) is 2.78. The fourth-order valence-corrected chi connectivity index (χ4v) is 3.51. The van der Waals surface area contributed by atoms with Crippen molar-refractivity contribution in [3.63, 3.8) is 0 Å². The molecule has 0 spiro atoms. The summed E-state index contributed by atoms with van der Waals surface area (Å²) in [5, 5.41) is 3.26. The molecule has 0 aliphatic rings. The first-order valence-corrected chi connectivity index (χ1v) is 8.37. The molecule has 0 saturated heterocycles. The predicted octanol–water partition coefficient (Wildman–Crippen LogP) is 5.25. The predicted molar refractivity (Wildman–Crippen MR) is 82.2 cm³/mol. The summed E-state index contributed by atoms with van der Waals surface area (Å²) in [6, 6.07) is 7.99. The molecule has 6 heteroatoms. The molecule has 1 rings (SSSR count). The van der Waals surface area contributed by atoms with E-state index in [4.69, 9.17) is 0 Å². The Kier molecular flexibility index (Phi) is 7.99. The van der Waals surface area contributed by atoms with Crippen molar-refractivity contribution >= 4 is 27.7 Å². The van der Waals surface area contributed by atoms with Gasteiger partial charge in [0.05, 0.1) is 0 Å². The summed E-state index contributed by atoms with van der Waals surface area (Å²) < 4.78 is 37.5. The SMILES string of the molecule is CCNC(CCCC(F)(F)F)CSc1ccccc1Br. The summed E-state index contributed by atoms with van der Waals surface area (Å²) in [5.74, 6) is 0.772. The topological polar surface area (TPSA) is 12.0 Å². The summed E-state index contributed by atoms with van der Waals surface area (Å²) in [7, 11) is 0. The van der Waals surface area contributed by atoms with Crippen LogP contribution in [0, 0.1) is 0 Å². The van der Waals surface area contributed by atoms with Gasteiger partial charge in [-0.1, -0.05) is 19.1 Å². The number of benzene rings is 1. The fraction of sp³-hybridized carbons (Fsp3) is 0.571. The van der Waals surface area contributed by atoms with Gasteiger partial charge >= 0.3 is 6.18 Å². The van der Waals surface area contributed by atoms with E-state index in [-0.39, 0.29) is 12.5 Å². The Labute approximate surface area is 130 Å². The van der Waals surface area contributed by atoms with E-state index in [9.17, 15) is 13.2 Å². The van der Waals surface area contributed by atoms with Crippen molar-refractivity contribution in [2.24, 2.45) is 0 Å². The van der Waals surface area contributed by atoms with E-state index in [0.717, 1.165) is 21.7 Å². The van der Waals surface area contributed by atoms with Crippen LogP contribution in [0.25, 0.3) is 0 Å². The molecule has 0 radical (unpaired) electrons. The second-order valence-corrected chi connectivity index (χ2v) is 6.42. The first-order chi connectivity index (χ1) is 9.42. The van der Waals surface area contributed by atoms with Gasteiger partial charge in [0.15, 0.2) is 0 Å². The van der Waals surface area contributed by atoms with Gasteiger partial charge in [0.25, 0.3) is 0 Å². The van der Waals surface area contributed by atoms with Crippen LogP contribution in [0.4, 0.5) is 13.2 Å². The molecule has 0 bridgehead atoms.